The second-order valence-corrected chi connectivity index (χ2v) is 6.98. The van der Waals surface area contributed by atoms with E-state index in [4.69, 9.17) is 23.2 Å². The molecule has 0 saturated heterocycles. The Bertz CT molecular complexity index is 828. The molecule has 0 atom stereocenters. The van der Waals surface area contributed by atoms with Crippen molar-refractivity contribution in [2.24, 2.45) is 0 Å². The van der Waals surface area contributed by atoms with Crippen LogP contribution in [0.3, 0.4) is 0 Å². The molecule has 0 spiro atoms. The highest BCUT2D eigenvalue weighted by Crippen LogP contribution is 2.31. The summed E-state index contributed by atoms with van der Waals surface area (Å²) in [5.74, 6) is -0.438. The van der Waals surface area contributed by atoms with Gasteiger partial charge in [0.2, 0.25) is 0 Å². The van der Waals surface area contributed by atoms with Crippen molar-refractivity contribution in [2.45, 2.75) is 11.8 Å². The minimum absolute atomic E-state index is 0.438. The number of alkyl halides is 2. The van der Waals surface area contributed by atoms with Gasteiger partial charge in [-0.25, -0.2) is 4.98 Å². The van der Waals surface area contributed by atoms with E-state index in [2.05, 4.69) is 29.4 Å². The lowest BCUT2D eigenvalue weighted by Crippen LogP contribution is -2.18. The highest BCUT2D eigenvalue weighted by atomic mass is 35.5. The maximum atomic E-state index is 11.4. The van der Waals surface area contributed by atoms with Gasteiger partial charge in [-0.05, 0) is 48.9 Å². The van der Waals surface area contributed by atoms with Crippen molar-refractivity contribution < 1.29 is 4.79 Å². The molecule has 0 aliphatic carbocycles. The van der Waals surface area contributed by atoms with Gasteiger partial charge in [-0.1, -0.05) is 29.3 Å². The van der Waals surface area contributed by atoms with Crippen LogP contribution in [0.4, 0.5) is 5.69 Å². The van der Waals surface area contributed by atoms with Gasteiger partial charge in [0.05, 0.1) is 10.2 Å². The molecule has 112 valence electrons. The number of thiazole rings is 1. The number of aryl methyl sites for hydroxylation is 1. The maximum absolute atomic E-state index is 11.4. The summed E-state index contributed by atoms with van der Waals surface area (Å²) < 4.78 is 1.17. The van der Waals surface area contributed by atoms with Crippen LogP contribution in [0.25, 0.3) is 20.8 Å². The monoisotopic (exact) mass is 350 g/mol. The summed E-state index contributed by atoms with van der Waals surface area (Å²) >= 11 is 12.7. The first kappa shape index (κ1) is 15.3. The first-order chi connectivity index (χ1) is 10.5. The Kier molecular flexibility index (Phi) is 4.34. The van der Waals surface area contributed by atoms with Crippen LogP contribution >= 0.6 is 34.5 Å². The Balaban J connectivity index is 1.86. The third-order valence-corrected chi connectivity index (χ3v) is 4.61. The fourth-order valence-electron chi connectivity index (χ4n) is 2.05. The number of anilines is 1. The first-order valence-electron chi connectivity index (χ1n) is 6.59. The topological polar surface area (TPSA) is 42.0 Å². The summed E-state index contributed by atoms with van der Waals surface area (Å²) in [6.07, 6.45) is 0. The van der Waals surface area contributed by atoms with Crippen molar-refractivity contribution in [3.8, 4) is 10.6 Å². The average Bonchev–Trinajstić information content (AvgIpc) is 2.90. The van der Waals surface area contributed by atoms with E-state index < -0.39 is 10.7 Å². The predicted molar refractivity (Wildman–Crippen MR) is 93.9 cm³/mol. The summed E-state index contributed by atoms with van der Waals surface area (Å²) in [6, 6.07) is 13.7. The van der Waals surface area contributed by atoms with Crippen molar-refractivity contribution in [2.75, 3.05) is 5.32 Å². The maximum Gasteiger partial charge on any atom is 0.257 e. The Morgan fingerprint density at radius 2 is 1.91 bits per heavy atom. The molecule has 1 aromatic heterocycles. The standard InChI is InChI=1S/C16H12Cl2N2OS/c1-9-2-7-12-13(8-9)22-16(20-12)10-3-5-11(6-4-10)19-15(21)14(17)18/h2-8,14H,1H3,(H,19,21). The molecule has 0 bridgehead atoms. The number of benzene rings is 2. The van der Waals surface area contributed by atoms with Gasteiger partial charge < -0.3 is 5.32 Å². The van der Waals surface area contributed by atoms with E-state index >= 15 is 0 Å². The average molecular weight is 351 g/mol. The number of hydrogen-bond donors (Lipinski definition) is 1. The van der Waals surface area contributed by atoms with E-state index in [1.165, 1.54) is 10.3 Å². The summed E-state index contributed by atoms with van der Waals surface area (Å²) in [6.45, 7) is 2.07. The lowest BCUT2D eigenvalue weighted by Gasteiger charge is -2.05. The van der Waals surface area contributed by atoms with Gasteiger partial charge in [0, 0.05) is 11.3 Å². The molecule has 0 fully saturated rings. The zero-order chi connectivity index (χ0) is 15.7. The number of carbonyl (C=O) groups excluding carboxylic acids is 1. The van der Waals surface area contributed by atoms with E-state index in [1.807, 2.05) is 18.2 Å². The second-order valence-electron chi connectivity index (χ2n) is 4.86. The van der Waals surface area contributed by atoms with Crippen molar-refractivity contribution in [3.05, 3.63) is 48.0 Å². The number of nitrogens with one attached hydrogen (secondary N) is 1. The quantitative estimate of drug-likeness (QED) is 0.674. The molecule has 3 aromatic rings. The number of nitrogens with zero attached hydrogens (tertiary/aromatic N) is 1. The Morgan fingerprint density at radius 3 is 2.59 bits per heavy atom. The smallest absolute Gasteiger partial charge is 0.257 e. The molecule has 22 heavy (non-hydrogen) atoms. The van der Waals surface area contributed by atoms with E-state index in [0.717, 1.165) is 16.1 Å². The van der Waals surface area contributed by atoms with Crippen LogP contribution in [-0.2, 0) is 4.79 Å². The lowest BCUT2D eigenvalue weighted by molar-refractivity contribution is -0.114. The van der Waals surface area contributed by atoms with E-state index in [1.54, 1.807) is 23.5 Å². The fraction of sp³-hybridized carbons (Fsp3) is 0.125. The highest BCUT2D eigenvalue weighted by molar-refractivity contribution is 7.21. The molecule has 0 radical (unpaired) electrons. The second kappa shape index (κ2) is 6.24. The molecule has 0 aliphatic rings. The summed E-state index contributed by atoms with van der Waals surface area (Å²) in [5, 5.41) is 3.58. The largest absolute Gasteiger partial charge is 0.324 e. The van der Waals surface area contributed by atoms with Gasteiger partial charge in [-0.15, -0.1) is 11.3 Å². The van der Waals surface area contributed by atoms with E-state index in [0.29, 0.717) is 5.69 Å². The molecule has 0 aliphatic heterocycles. The number of amides is 1. The SMILES string of the molecule is Cc1ccc2nc(-c3ccc(NC(=O)C(Cl)Cl)cc3)sc2c1. The fourth-order valence-corrected chi connectivity index (χ4v) is 3.23. The molecule has 1 heterocycles. The van der Waals surface area contributed by atoms with Gasteiger partial charge in [0.1, 0.15) is 5.01 Å². The first-order valence-corrected chi connectivity index (χ1v) is 8.28. The van der Waals surface area contributed by atoms with Crippen molar-refractivity contribution in [3.63, 3.8) is 0 Å². The zero-order valence-corrected chi connectivity index (χ0v) is 14.0. The van der Waals surface area contributed by atoms with Gasteiger partial charge >= 0.3 is 0 Å². The predicted octanol–water partition coefficient (Wildman–Crippen LogP) is 5.01. The highest BCUT2D eigenvalue weighted by Gasteiger charge is 2.12. The Labute approximate surface area is 141 Å². The Morgan fingerprint density at radius 1 is 1.18 bits per heavy atom. The molecule has 3 nitrogen and oxygen atoms in total. The van der Waals surface area contributed by atoms with Gasteiger partial charge in [-0.2, -0.15) is 0 Å². The van der Waals surface area contributed by atoms with Crippen LogP contribution in [0.5, 0.6) is 0 Å². The van der Waals surface area contributed by atoms with Crippen LogP contribution < -0.4 is 5.32 Å². The number of halogens is 2. The van der Waals surface area contributed by atoms with Crippen molar-refractivity contribution in [1.29, 1.82) is 0 Å². The number of hydrogen-bond acceptors (Lipinski definition) is 3. The molecule has 2 aromatic carbocycles. The number of carbonyl (C=O) groups is 1. The van der Waals surface area contributed by atoms with Crippen LogP contribution in [0.1, 0.15) is 5.56 Å². The summed E-state index contributed by atoms with van der Waals surface area (Å²) in [4.78, 5) is 15.0. The summed E-state index contributed by atoms with van der Waals surface area (Å²) in [5.41, 5.74) is 3.87. The van der Waals surface area contributed by atoms with Crippen LogP contribution in [0.2, 0.25) is 0 Å². The van der Waals surface area contributed by atoms with Gasteiger partial charge in [0.15, 0.2) is 4.84 Å². The molecular formula is C16H12Cl2N2OS. The van der Waals surface area contributed by atoms with Crippen LogP contribution in [0.15, 0.2) is 42.5 Å². The molecule has 1 N–H and O–H groups in total. The molecule has 6 heteroatoms. The van der Waals surface area contributed by atoms with Crippen molar-refractivity contribution in [1.82, 2.24) is 4.98 Å². The van der Waals surface area contributed by atoms with Crippen LogP contribution in [-0.4, -0.2) is 15.7 Å². The number of rotatable bonds is 3. The normalized spacial score (nSPS) is 11.1. The third kappa shape index (κ3) is 3.24. The minimum atomic E-state index is -1.08. The van der Waals surface area contributed by atoms with E-state index in [9.17, 15) is 4.79 Å². The van der Waals surface area contributed by atoms with E-state index in [-0.39, 0.29) is 0 Å². The van der Waals surface area contributed by atoms with Gasteiger partial charge in [0.25, 0.3) is 5.91 Å². The zero-order valence-electron chi connectivity index (χ0n) is 11.6. The molecular weight excluding hydrogens is 339 g/mol. The van der Waals surface area contributed by atoms with Gasteiger partial charge in [-0.3, -0.25) is 4.79 Å². The number of aromatic nitrogens is 1. The molecule has 0 unspecified atom stereocenters. The summed E-state index contributed by atoms with van der Waals surface area (Å²) in [7, 11) is 0. The number of fused-ring (bicyclic) bond motifs is 1. The molecule has 0 saturated carbocycles. The van der Waals surface area contributed by atoms with Crippen molar-refractivity contribution >= 4 is 56.3 Å². The third-order valence-electron chi connectivity index (χ3n) is 3.14. The molecule has 1 amide bonds. The minimum Gasteiger partial charge on any atom is -0.324 e. The van der Waals surface area contributed by atoms with Crippen LogP contribution in [0, 0.1) is 6.92 Å². The Hall–Kier alpha value is -1.62. The molecule has 3 rings (SSSR count). The lowest BCUT2D eigenvalue weighted by atomic mass is 10.2.